The molecule has 0 spiro atoms. The van der Waals surface area contributed by atoms with E-state index < -0.39 is 16.2 Å². The van der Waals surface area contributed by atoms with Gasteiger partial charge in [-0.15, -0.1) is 12.2 Å². The fourth-order valence-corrected chi connectivity index (χ4v) is 5.05. The van der Waals surface area contributed by atoms with Gasteiger partial charge in [-0.3, -0.25) is 14.5 Å². The first-order valence-corrected chi connectivity index (χ1v) is 13.3. The molecular formula is C30H47N3O4Ru2. The van der Waals surface area contributed by atoms with E-state index in [1.807, 2.05) is 79.7 Å². The van der Waals surface area contributed by atoms with Crippen LogP contribution < -0.4 is 0 Å². The molecule has 1 rings (SSSR count). The summed E-state index contributed by atoms with van der Waals surface area (Å²) in [6, 6.07) is 7.48. The van der Waals surface area contributed by atoms with Gasteiger partial charge in [0.25, 0.3) is 0 Å². The maximum absolute atomic E-state index is 13.1. The van der Waals surface area contributed by atoms with Gasteiger partial charge < -0.3 is 20.2 Å². The minimum Gasteiger partial charge on any atom is -0.653 e. The summed E-state index contributed by atoms with van der Waals surface area (Å²) in [6.45, 7) is 19.9. The molecule has 0 fully saturated rings. The summed E-state index contributed by atoms with van der Waals surface area (Å²) in [6.07, 6.45) is 3.02. The van der Waals surface area contributed by atoms with Crippen LogP contribution in [0.5, 0.6) is 0 Å². The maximum Gasteiger partial charge on any atom is 1.00 e. The van der Waals surface area contributed by atoms with Gasteiger partial charge >= 0.3 is 39.0 Å². The van der Waals surface area contributed by atoms with Crippen molar-refractivity contribution in [1.82, 2.24) is 4.90 Å². The molecule has 0 N–H and O–H groups in total. The van der Waals surface area contributed by atoms with Gasteiger partial charge in [-0.25, -0.2) is 0 Å². The number of rotatable bonds is 14. The average Bonchev–Trinajstić information content (AvgIpc) is 2.79. The predicted molar refractivity (Wildman–Crippen MR) is 150 cm³/mol. The third kappa shape index (κ3) is 11.5. The number of imide groups is 1. The molecule has 0 bridgehead atoms. The molecule has 0 atom stereocenters. The summed E-state index contributed by atoms with van der Waals surface area (Å²) in [5.74, 6) is -0.651. The molecule has 1 aromatic carbocycles. The summed E-state index contributed by atoms with van der Waals surface area (Å²) >= 11 is 0. The van der Waals surface area contributed by atoms with E-state index in [9.17, 15) is 19.2 Å². The Morgan fingerprint density at radius 2 is 1.28 bits per heavy atom. The smallest absolute Gasteiger partial charge is 0.653 e. The van der Waals surface area contributed by atoms with E-state index in [1.54, 1.807) is 0 Å². The largest absolute Gasteiger partial charge is 1.00 e. The molecule has 0 aromatic heterocycles. The fourth-order valence-electron chi connectivity index (χ4n) is 5.05. The molecule has 9 heteroatoms. The van der Waals surface area contributed by atoms with Gasteiger partial charge in [-0.05, 0) is 30.2 Å². The van der Waals surface area contributed by atoms with Crippen molar-refractivity contribution >= 4 is 29.8 Å². The van der Waals surface area contributed by atoms with Gasteiger partial charge in [0, 0.05) is 22.8 Å². The maximum atomic E-state index is 13.1. The minimum absolute atomic E-state index is 0. The second-order valence-electron chi connectivity index (χ2n) is 12.6. The van der Waals surface area contributed by atoms with Crippen LogP contribution in [0.2, 0.25) is 0 Å². The van der Waals surface area contributed by atoms with Crippen LogP contribution in [-0.2, 0) is 63.5 Å². The monoisotopic (exact) mass is 717 g/mol. The molecular weight excluding hydrogens is 668 g/mol. The molecule has 0 aliphatic carbocycles. The molecule has 0 unspecified atom stereocenters. The first kappa shape index (κ1) is 39.7. The molecule has 39 heavy (non-hydrogen) atoms. The second-order valence-corrected chi connectivity index (χ2v) is 12.6. The van der Waals surface area contributed by atoms with E-state index in [4.69, 9.17) is 0 Å². The Morgan fingerprint density at radius 1 is 0.769 bits per heavy atom. The summed E-state index contributed by atoms with van der Waals surface area (Å²) in [5.41, 5.74) is -1.10. The number of amides is 4. The first-order chi connectivity index (χ1) is 16.9. The van der Waals surface area contributed by atoms with Crippen LogP contribution in [0.3, 0.4) is 0 Å². The molecule has 4 amide bonds. The summed E-state index contributed by atoms with van der Waals surface area (Å²) in [4.78, 5) is 51.2. The molecule has 7 nitrogen and oxygen atoms in total. The van der Waals surface area contributed by atoms with E-state index >= 15 is 0 Å². The zero-order valence-corrected chi connectivity index (χ0v) is 28.8. The molecule has 0 aliphatic rings. The van der Waals surface area contributed by atoms with E-state index in [1.165, 1.54) is 4.90 Å². The van der Waals surface area contributed by atoms with Gasteiger partial charge in [-0.1, -0.05) is 99.9 Å². The van der Waals surface area contributed by atoms with Crippen LogP contribution in [0.4, 0.5) is 5.69 Å². The molecule has 0 aliphatic heterocycles. The Labute approximate surface area is 261 Å². The number of carbonyl (C=O) groups excluding carboxylic acids is 4. The number of benzene rings is 1. The zero-order chi connectivity index (χ0) is 28.7. The molecule has 0 saturated heterocycles. The number of hydrogen-bond donors (Lipinski definition) is 0. The zero-order valence-electron chi connectivity index (χ0n) is 25.3. The van der Waals surface area contributed by atoms with Crippen LogP contribution >= 0.6 is 0 Å². The predicted octanol–water partition coefficient (Wildman–Crippen LogP) is 7.06. The first-order valence-electron chi connectivity index (χ1n) is 13.3. The standard InChI is InChI=1S/C30H49N3O4.2Ru/c1-11-17-31-24(35)28(5,6)20-29(7,8)25(36)32-23-15-13-22(14-16-23)27(3,4)19-30(9,10)26(37)33(21-34)18-12-2;;/h13-16,21H,11-12,17-20H2,1-10H3,(H2,31,32,35,36);;/q;2*+1/p-2. The SMILES string of the molecule is CCC[N-]C(=O)C(C)(C)CC(C)(C)C(=O)[N-]c1ccc(C(C)(C)CC(C)(C)C(=O)N(C=O)CCC)cc1.[Ru+].[Ru+]. The Bertz CT molecular complexity index is 957. The second kappa shape index (κ2) is 16.1. The summed E-state index contributed by atoms with van der Waals surface area (Å²) in [5, 5.41) is 8.45. The van der Waals surface area contributed by atoms with Crippen molar-refractivity contribution in [2.45, 2.75) is 100 Å². The molecule has 0 heterocycles. The van der Waals surface area contributed by atoms with Crippen LogP contribution in [-0.4, -0.2) is 42.1 Å². The Kier molecular flexibility index (Phi) is 16.4. The van der Waals surface area contributed by atoms with Crippen LogP contribution in [0.25, 0.3) is 10.6 Å². The van der Waals surface area contributed by atoms with Crippen molar-refractivity contribution in [1.29, 1.82) is 0 Å². The number of hydrogen-bond acceptors (Lipinski definition) is 4. The van der Waals surface area contributed by atoms with Crippen LogP contribution in [0.15, 0.2) is 24.3 Å². The van der Waals surface area contributed by atoms with Crippen molar-refractivity contribution < 1.29 is 58.1 Å². The Morgan fingerprint density at radius 3 is 1.74 bits per heavy atom. The minimum atomic E-state index is -0.827. The Balaban J connectivity index is 0. The van der Waals surface area contributed by atoms with Gasteiger partial charge in [0.05, 0.1) is 11.8 Å². The van der Waals surface area contributed by atoms with Gasteiger partial charge in [0.15, 0.2) is 0 Å². The van der Waals surface area contributed by atoms with Crippen molar-refractivity contribution in [2.24, 2.45) is 16.2 Å². The quantitative estimate of drug-likeness (QED) is 0.152. The van der Waals surface area contributed by atoms with Crippen LogP contribution in [0.1, 0.15) is 100 Å². The number of carbonyl (C=O) groups is 4. The molecule has 222 valence electrons. The summed E-state index contributed by atoms with van der Waals surface area (Å²) in [7, 11) is 0. The van der Waals surface area contributed by atoms with Crippen LogP contribution in [0, 0.1) is 16.2 Å². The van der Waals surface area contributed by atoms with E-state index in [-0.39, 0.29) is 62.1 Å². The number of nitrogens with zero attached hydrogens (tertiary/aromatic N) is 3. The van der Waals surface area contributed by atoms with E-state index in [0.29, 0.717) is 44.4 Å². The van der Waals surface area contributed by atoms with Gasteiger partial charge in [0.1, 0.15) is 0 Å². The van der Waals surface area contributed by atoms with Crippen molar-refractivity contribution in [3.05, 3.63) is 40.5 Å². The third-order valence-corrected chi connectivity index (χ3v) is 6.72. The van der Waals surface area contributed by atoms with E-state index in [2.05, 4.69) is 24.5 Å². The average molecular weight is 716 g/mol. The molecule has 2 radical (unpaired) electrons. The topological polar surface area (TPSA) is 99.7 Å². The molecule has 1 aromatic rings. The van der Waals surface area contributed by atoms with Crippen molar-refractivity contribution in [2.75, 3.05) is 13.1 Å². The van der Waals surface area contributed by atoms with Crippen molar-refractivity contribution in [3.63, 3.8) is 0 Å². The third-order valence-electron chi connectivity index (χ3n) is 6.72. The van der Waals surface area contributed by atoms with Gasteiger partial charge in [0.2, 0.25) is 12.3 Å². The van der Waals surface area contributed by atoms with Crippen molar-refractivity contribution in [3.8, 4) is 0 Å². The Hall–Kier alpha value is -1.45. The normalized spacial score (nSPS) is 11.9. The van der Waals surface area contributed by atoms with E-state index in [0.717, 1.165) is 12.0 Å². The summed E-state index contributed by atoms with van der Waals surface area (Å²) < 4.78 is 0. The molecule has 0 saturated carbocycles. The fraction of sp³-hybridized carbons (Fsp3) is 0.667. The van der Waals surface area contributed by atoms with Gasteiger partial charge in [-0.2, -0.15) is 0 Å².